The molecule has 2 aliphatic heterocycles. The Hall–Kier alpha value is -2.44. The van der Waals surface area contributed by atoms with E-state index in [0.717, 1.165) is 0 Å². The van der Waals surface area contributed by atoms with Crippen LogP contribution in [0.4, 0.5) is 11.4 Å². The molecule has 0 aliphatic carbocycles. The third-order valence-electron chi connectivity index (χ3n) is 4.52. The van der Waals surface area contributed by atoms with Crippen LogP contribution in [0.2, 0.25) is 10.0 Å². The second kappa shape index (κ2) is 7.29. The van der Waals surface area contributed by atoms with E-state index < -0.39 is 5.92 Å². The highest BCUT2D eigenvalue weighted by Crippen LogP contribution is 2.36. The molecule has 1 N–H and O–H groups in total. The maximum absolute atomic E-state index is 12.6. The number of carbonyl (C=O) groups excluding carboxylic acids is 2. The van der Waals surface area contributed by atoms with Gasteiger partial charge in [-0.2, -0.15) is 0 Å². The van der Waals surface area contributed by atoms with Gasteiger partial charge in [-0.3, -0.25) is 9.59 Å². The molecular formula is C19H16Cl2N2O4. The first kappa shape index (κ1) is 17.9. The van der Waals surface area contributed by atoms with Gasteiger partial charge in [-0.15, -0.1) is 0 Å². The quantitative estimate of drug-likeness (QED) is 0.842. The molecule has 1 atom stereocenters. The van der Waals surface area contributed by atoms with Gasteiger partial charge in [0.2, 0.25) is 11.8 Å². The third-order valence-corrected chi connectivity index (χ3v) is 5.08. The molecule has 2 aromatic carbocycles. The Morgan fingerprint density at radius 1 is 1.07 bits per heavy atom. The minimum Gasteiger partial charge on any atom is -0.486 e. The second-order valence-electron chi connectivity index (χ2n) is 6.35. The van der Waals surface area contributed by atoms with E-state index in [0.29, 0.717) is 46.1 Å². The number of halogens is 2. The minimum absolute atomic E-state index is 0.121. The molecule has 2 amide bonds. The fourth-order valence-corrected chi connectivity index (χ4v) is 3.50. The summed E-state index contributed by atoms with van der Waals surface area (Å²) in [6, 6.07) is 10.2. The predicted molar refractivity (Wildman–Crippen MR) is 103 cm³/mol. The van der Waals surface area contributed by atoms with E-state index in [1.807, 2.05) is 0 Å². The maximum atomic E-state index is 12.6. The Labute approximate surface area is 165 Å². The summed E-state index contributed by atoms with van der Waals surface area (Å²) in [5.74, 6) is 0.379. The molecule has 140 valence electrons. The zero-order valence-electron chi connectivity index (χ0n) is 14.2. The molecule has 0 bridgehead atoms. The summed E-state index contributed by atoms with van der Waals surface area (Å²) in [6.45, 7) is 1.25. The van der Waals surface area contributed by atoms with E-state index in [4.69, 9.17) is 32.7 Å². The molecule has 2 heterocycles. The molecule has 4 rings (SSSR count). The number of hydrogen-bond donors (Lipinski definition) is 1. The van der Waals surface area contributed by atoms with Gasteiger partial charge in [0, 0.05) is 29.7 Å². The van der Waals surface area contributed by atoms with Crippen molar-refractivity contribution < 1.29 is 19.1 Å². The van der Waals surface area contributed by atoms with Crippen LogP contribution in [0.15, 0.2) is 36.4 Å². The number of carbonyl (C=O) groups is 2. The van der Waals surface area contributed by atoms with Gasteiger partial charge in [0.05, 0.1) is 16.6 Å². The third kappa shape index (κ3) is 3.68. The van der Waals surface area contributed by atoms with Crippen molar-refractivity contribution in [1.82, 2.24) is 0 Å². The highest BCUT2D eigenvalue weighted by atomic mass is 35.5. The number of amides is 2. The molecule has 27 heavy (non-hydrogen) atoms. The summed E-state index contributed by atoms with van der Waals surface area (Å²) < 4.78 is 11.1. The van der Waals surface area contributed by atoms with Gasteiger partial charge in [0.25, 0.3) is 0 Å². The second-order valence-corrected chi connectivity index (χ2v) is 7.19. The average Bonchev–Trinajstić information content (AvgIpc) is 3.06. The number of benzene rings is 2. The number of rotatable bonds is 3. The zero-order chi connectivity index (χ0) is 19.0. The molecule has 1 saturated heterocycles. The number of ether oxygens (including phenoxy) is 2. The summed E-state index contributed by atoms with van der Waals surface area (Å²) >= 11 is 12.0. The number of nitrogens with one attached hydrogen (secondary N) is 1. The van der Waals surface area contributed by atoms with E-state index >= 15 is 0 Å². The molecule has 0 aromatic heterocycles. The fraction of sp³-hybridized carbons (Fsp3) is 0.263. The van der Waals surface area contributed by atoms with E-state index in [9.17, 15) is 9.59 Å². The SMILES string of the molecule is O=C(Nc1cc(Cl)ccc1Cl)C1CC(=O)N(c2ccc3c(c2)OCCO3)C1. The first-order chi connectivity index (χ1) is 13.0. The monoisotopic (exact) mass is 406 g/mol. The van der Waals surface area contributed by atoms with E-state index in [-0.39, 0.29) is 24.8 Å². The largest absolute Gasteiger partial charge is 0.486 e. The number of anilines is 2. The van der Waals surface area contributed by atoms with Gasteiger partial charge in [0.15, 0.2) is 11.5 Å². The number of fused-ring (bicyclic) bond motifs is 1. The zero-order valence-corrected chi connectivity index (χ0v) is 15.7. The highest BCUT2D eigenvalue weighted by Gasteiger charge is 2.35. The van der Waals surface area contributed by atoms with Crippen LogP contribution >= 0.6 is 23.2 Å². The molecule has 0 radical (unpaired) electrons. The molecule has 0 spiro atoms. The molecule has 0 saturated carbocycles. The van der Waals surface area contributed by atoms with Gasteiger partial charge >= 0.3 is 0 Å². The lowest BCUT2D eigenvalue weighted by molar-refractivity contribution is -0.122. The van der Waals surface area contributed by atoms with Crippen molar-refractivity contribution in [3.05, 3.63) is 46.4 Å². The Balaban J connectivity index is 1.49. The van der Waals surface area contributed by atoms with Gasteiger partial charge < -0.3 is 19.7 Å². The van der Waals surface area contributed by atoms with E-state index in [1.54, 1.807) is 41.3 Å². The maximum Gasteiger partial charge on any atom is 0.229 e. The average molecular weight is 407 g/mol. The molecule has 1 unspecified atom stereocenters. The van der Waals surface area contributed by atoms with Gasteiger partial charge in [-0.25, -0.2) is 0 Å². The van der Waals surface area contributed by atoms with E-state index in [1.165, 1.54) is 0 Å². The van der Waals surface area contributed by atoms with Gasteiger partial charge in [-0.1, -0.05) is 23.2 Å². The summed E-state index contributed by atoms with van der Waals surface area (Å²) in [4.78, 5) is 26.6. The smallest absolute Gasteiger partial charge is 0.229 e. The Bertz CT molecular complexity index is 919. The minimum atomic E-state index is -0.485. The molecule has 8 heteroatoms. The number of hydrogen-bond acceptors (Lipinski definition) is 4. The summed E-state index contributed by atoms with van der Waals surface area (Å²) in [5.41, 5.74) is 1.11. The van der Waals surface area contributed by atoms with E-state index in [2.05, 4.69) is 5.32 Å². The van der Waals surface area contributed by atoms with Crippen LogP contribution < -0.4 is 19.7 Å². The highest BCUT2D eigenvalue weighted by molar-refractivity contribution is 6.35. The molecule has 2 aliphatic rings. The summed E-state index contributed by atoms with van der Waals surface area (Å²) in [5, 5.41) is 3.61. The van der Waals surface area contributed by atoms with Crippen LogP contribution in [0.3, 0.4) is 0 Å². The molecular weight excluding hydrogens is 391 g/mol. The Kier molecular flexibility index (Phi) is 4.85. The van der Waals surface area contributed by atoms with Crippen molar-refractivity contribution in [2.24, 2.45) is 5.92 Å². The standard InChI is InChI=1S/C19H16Cl2N2O4/c20-12-1-3-14(21)15(8-12)22-19(25)11-7-18(24)23(10-11)13-2-4-16-17(9-13)27-6-5-26-16/h1-4,8-9,11H,5-7,10H2,(H,22,25). The topological polar surface area (TPSA) is 67.9 Å². The number of nitrogens with zero attached hydrogens (tertiary/aromatic N) is 1. The van der Waals surface area contributed by atoms with Gasteiger partial charge in [0.1, 0.15) is 13.2 Å². The van der Waals surface area contributed by atoms with Crippen molar-refractivity contribution in [3.63, 3.8) is 0 Å². The summed E-state index contributed by atoms with van der Waals surface area (Å²) in [6.07, 6.45) is 0.123. The molecule has 1 fully saturated rings. The lowest BCUT2D eigenvalue weighted by atomic mass is 10.1. The fourth-order valence-electron chi connectivity index (χ4n) is 3.16. The van der Waals surface area contributed by atoms with Crippen LogP contribution in [0, 0.1) is 5.92 Å². The van der Waals surface area contributed by atoms with Crippen molar-refractivity contribution in [2.75, 3.05) is 30.0 Å². The van der Waals surface area contributed by atoms with Crippen LogP contribution in [0.5, 0.6) is 11.5 Å². The van der Waals surface area contributed by atoms with Crippen LogP contribution in [-0.4, -0.2) is 31.6 Å². The van der Waals surface area contributed by atoms with Crippen LogP contribution in [-0.2, 0) is 9.59 Å². The summed E-state index contributed by atoms with van der Waals surface area (Å²) in [7, 11) is 0. The Morgan fingerprint density at radius 2 is 1.85 bits per heavy atom. The first-order valence-corrected chi connectivity index (χ1v) is 9.23. The van der Waals surface area contributed by atoms with Gasteiger partial charge in [-0.05, 0) is 30.3 Å². The Morgan fingerprint density at radius 3 is 2.67 bits per heavy atom. The van der Waals surface area contributed by atoms with Crippen LogP contribution in [0.25, 0.3) is 0 Å². The molecule has 6 nitrogen and oxygen atoms in total. The predicted octanol–water partition coefficient (Wildman–Crippen LogP) is 3.76. The molecule has 2 aromatic rings. The van der Waals surface area contributed by atoms with Crippen molar-refractivity contribution in [1.29, 1.82) is 0 Å². The lowest BCUT2D eigenvalue weighted by Crippen LogP contribution is -2.28. The van der Waals surface area contributed by atoms with Crippen LogP contribution in [0.1, 0.15) is 6.42 Å². The normalized spacial score (nSPS) is 18.5. The van der Waals surface area contributed by atoms with Crippen molar-refractivity contribution in [2.45, 2.75) is 6.42 Å². The first-order valence-electron chi connectivity index (χ1n) is 8.47. The van der Waals surface area contributed by atoms with Crippen molar-refractivity contribution >= 4 is 46.4 Å². The van der Waals surface area contributed by atoms with Crippen molar-refractivity contribution in [3.8, 4) is 11.5 Å². The lowest BCUT2D eigenvalue weighted by Gasteiger charge is -2.22.